The van der Waals surface area contributed by atoms with Gasteiger partial charge in [0.15, 0.2) is 0 Å². The van der Waals surface area contributed by atoms with E-state index in [0.717, 1.165) is 42.6 Å². The van der Waals surface area contributed by atoms with Crippen molar-refractivity contribution < 1.29 is 4.79 Å². The number of carbonyl (C=O) groups excluding carboxylic acids is 1. The van der Waals surface area contributed by atoms with E-state index in [1.54, 1.807) is 0 Å². The standard InChI is InChI=1S/C16H26INO/c1-11-15(2)10-16(3,17(11)15)13-6-8-18(9-7-13)14(19)12-4-5-12/h11-13H,4-10H2,1-3H3. The molecule has 3 heterocycles. The fourth-order valence-corrected chi connectivity index (χ4v) is 17.1. The van der Waals surface area contributed by atoms with E-state index < -0.39 is 19.8 Å². The number of piperidine rings is 1. The number of hydrogen-bond acceptors (Lipinski definition) is 1. The zero-order valence-electron chi connectivity index (χ0n) is 12.4. The van der Waals surface area contributed by atoms with Crippen molar-refractivity contribution in [3.63, 3.8) is 0 Å². The number of amides is 1. The van der Waals surface area contributed by atoms with Crippen LogP contribution in [0.3, 0.4) is 0 Å². The van der Waals surface area contributed by atoms with Crippen LogP contribution in [-0.2, 0) is 4.79 Å². The van der Waals surface area contributed by atoms with E-state index in [2.05, 4.69) is 25.7 Å². The first-order valence-corrected chi connectivity index (χ1v) is 11.3. The van der Waals surface area contributed by atoms with Crippen molar-refractivity contribution in [2.24, 2.45) is 11.8 Å². The molecule has 0 aromatic heterocycles. The van der Waals surface area contributed by atoms with Gasteiger partial charge in [-0.1, -0.05) is 0 Å². The summed E-state index contributed by atoms with van der Waals surface area (Å²) in [5.41, 5.74) is 0. The van der Waals surface area contributed by atoms with E-state index in [0.29, 0.717) is 11.8 Å². The Morgan fingerprint density at radius 3 is 2.16 bits per heavy atom. The van der Waals surface area contributed by atoms with E-state index in [4.69, 9.17) is 0 Å². The first-order chi connectivity index (χ1) is 8.97. The normalized spacial score (nSPS) is 47.6. The van der Waals surface area contributed by atoms with Gasteiger partial charge in [0, 0.05) is 0 Å². The molecule has 0 spiro atoms. The van der Waals surface area contributed by atoms with E-state index in [9.17, 15) is 4.79 Å². The maximum absolute atomic E-state index is 12.1. The molecular weight excluding hydrogens is 349 g/mol. The van der Waals surface area contributed by atoms with Crippen LogP contribution in [0.2, 0.25) is 0 Å². The van der Waals surface area contributed by atoms with Crippen molar-refractivity contribution in [1.82, 2.24) is 4.90 Å². The number of nitrogens with zero attached hydrogens (tertiary/aromatic N) is 1. The zero-order valence-corrected chi connectivity index (χ0v) is 14.6. The topological polar surface area (TPSA) is 20.3 Å². The van der Waals surface area contributed by atoms with Gasteiger partial charge in [-0.2, -0.15) is 0 Å². The average molecular weight is 375 g/mol. The molecule has 1 aliphatic carbocycles. The van der Waals surface area contributed by atoms with Crippen LogP contribution in [0.4, 0.5) is 0 Å². The second kappa shape index (κ2) is 3.89. The second-order valence-corrected chi connectivity index (χ2v) is 16.1. The van der Waals surface area contributed by atoms with Gasteiger partial charge < -0.3 is 0 Å². The molecule has 3 aliphatic heterocycles. The molecule has 0 aromatic rings. The van der Waals surface area contributed by atoms with E-state index in [1.165, 1.54) is 19.3 Å². The maximum atomic E-state index is 12.1. The van der Waals surface area contributed by atoms with Crippen LogP contribution in [0.25, 0.3) is 0 Å². The van der Waals surface area contributed by atoms with Crippen LogP contribution >= 0.6 is 19.8 Å². The van der Waals surface area contributed by atoms with Crippen molar-refractivity contribution in [2.45, 2.75) is 63.6 Å². The SMILES string of the molecule is CC1I2C(C)(C3CCN(C(=O)C4CC4)CC3)CC12C. The number of likely N-dealkylation sites (tertiary alicyclic amines) is 1. The number of halogens is 1. The number of alkyl halides is 3. The fourth-order valence-electron chi connectivity index (χ4n) is 4.87. The molecule has 3 atom stereocenters. The van der Waals surface area contributed by atoms with Gasteiger partial charge in [0.2, 0.25) is 0 Å². The van der Waals surface area contributed by atoms with Crippen LogP contribution in [0, 0.1) is 11.8 Å². The number of hydrogen-bond donors (Lipinski definition) is 0. The quantitative estimate of drug-likeness (QED) is 0.535. The molecule has 1 amide bonds. The van der Waals surface area contributed by atoms with Gasteiger partial charge in [-0.05, 0) is 0 Å². The summed E-state index contributed by atoms with van der Waals surface area (Å²) in [6, 6.07) is 0. The number of rotatable bonds is 2. The van der Waals surface area contributed by atoms with Crippen molar-refractivity contribution in [1.29, 1.82) is 0 Å². The zero-order chi connectivity index (χ0) is 13.4. The predicted molar refractivity (Wildman–Crippen MR) is 86.9 cm³/mol. The Hall–Kier alpha value is 0.200. The van der Waals surface area contributed by atoms with Crippen LogP contribution in [0.1, 0.15) is 52.9 Å². The predicted octanol–water partition coefficient (Wildman–Crippen LogP) is 3.46. The Morgan fingerprint density at radius 1 is 1.11 bits per heavy atom. The molecule has 3 saturated heterocycles. The van der Waals surface area contributed by atoms with Gasteiger partial charge in [-0.3, -0.25) is 0 Å². The molecule has 19 heavy (non-hydrogen) atoms. The summed E-state index contributed by atoms with van der Waals surface area (Å²) in [6.45, 7) is 9.79. The third-order valence-corrected chi connectivity index (χ3v) is 16.8. The van der Waals surface area contributed by atoms with Crippen molar-refractivity contribution in [3.8, 4) is 0 Å². The molecule has 2 nitrogen and oxygen atoms in total. The van der Waals surface area contributed by atoms with Crippen LogP contribution < -0.4 is 0 Å². The molecule has 108 valence electrons. The molecule has 4 fully saturated rings. The van der Waals surface area contributed by atoms with Crippen LogP contribution in [0.5, 0.6) is 0 Å². The van der Waals surface area contributed by atoms with Crippen molar-refractivity contribution in [2.75, 3.05) is 13.1 Å². The first-order valence-electron chi connectivity index (χ1n) is 7.94. The van der Waals surface area contributed by atoms with Gasteiger partial charge in [0.05, 0.1) is 0 Å². The first kappa shape index (κ1) is 12.9. The molecule has 0 bridgehead atoms. The molecule has 0 N–H and O–H groups in total. The molecule has 4 aliphatic rings. The third-order valence-electron chi connectivity index (χ3n) is 6.31. The van der Waals surface area contributed by atoms with E-state index >= 15 is 0 Å². The van der Waals surface area contributed by atoms with Gasteiger partial charge in [-0.25, -0.2) is 0 Å². The third kappa shape index (κ3) is 1.69. The summed E-state index contributed by atoms with van der Waals surface area (Å²) in [6.07, 6.45) is 6.41. The van der Waals surface area contributed by atoms with Gasteiger partial charge in [0.1, 0.15) is 0 Å². The minimum absolute atomic E-state index is 0.415. The van der Waals surface area contributed by atoms with Crippen molar-refractivity contribution in [3.05, 3.63) is 0 Å². The summed E-state index contributed by atoms with van der Waals surface area (Å²) >= 11 is -0.656. The second-order valence-electron chi connectivity index (χ2n) is 7.54. The Labute approximate surface area is 124 Å². The average Bonchev–Trinajstić information content (AvgIpc) is 3.27. The van der Waals surface area contributed by atoms with Crippen LogP contribution in [-0.4, -0.2) is 34.7 Å². The van der Waals surface area contributed by atoms with Crippen LogP contribution in [0.15, 0.2) is 0 Å². The summed E-state index contributed by atoms with van der Waals surface area (Å²) in [5.74, 6) is 1.83. The van der Waals surface area contributed by atoms with Gasteiger partial charge in [0.25, 0.3) is 0 Å². The summed E-state index contributed by atoms with van der Waals surface area (Å²) in [5, 5.41) is 0. The summed E-state index contributed by atoms with van der Waals surface area (Å²) < 4.78 is 2.71. The number of fused-ring (bicyclic) bond motifs is 1. The summed E-state index contributed by atoms with van der Waals surface area (Å²) in [7, 11) is 0. The summed E-state index contributed by atoms with van der Waals surface area (Å²) in [4.78, 5) is 14.3. The molecule has 0 radical (unpaired) electrons. The Morgan fingerprint density at radius 2 is 1.74 bits per heavy atom. The molecule has 3 heteroatoms. The van der Waals surface area contributed by atoms with E-state index in [-0.39, 0.29) is 0 Å². The van der Waals surface area contributed by atoms with Gasteiger partial charge >= 0.3 is 124 Å². The van der Waals surface area contributed by atoms with Crippen molar-refractivity contribution >= 4 is 25.7 Å². The Balaban J connectivity index is 1.37. The van der Waals surface area contributed by atoms with E-state index in [1.807, 2.05) is 0 Å². The molecular formula is C16H26INO. The molecule has 4 rings (SSSR count). The number of carbonyl (C=O) groups is 1. The van der Waals surface area contributed by atoms with Gasteiger partial charge in [-0.15, -0.1) is 0 Å². The molecule has 3 unspecified atom stereocenters. The Bertz CT molecular complexity index is 426. The minimum atomic E-state index is -0.656. The Kier molecular flexibility index (Phi) is 2.64. The molecule has 1 saturated carbocycles. The monoisotopic (exact) mass is 375 g/mol. The molecule has 0 aromatic carbocycles. The fraction of sp³-hybridized carbons (Fsp3) is 0.938.